The van der Waals surface area contributed by atoms with Gasteiger partial charge in [-0.2, -0.15) is 0 Å². The Hall–Kier alpha value is -2.59. The largest absolute Gasteiger partial charge is 0.457 e. The van der Waals surface area contributed by atoms with Crippen LogP contribution in [0, 0.1) is 0 Å². The first-order chi connectivity index (χ1) is 9.86. The summed E-state index contributed by atoms with van der Waals surface area (Å²) in [5.74, 6) is 1.20. The molecule has 0 aliphatic carbocycles. The summed E-state index contributed by atoms with van der Waals surface area (Å²) < 4.78 is 5.59. The average Bonchev–Trinajstić information content (AvgIpc) is 3.11. The monoisotopic (exact) mass is 264 g/mol. The van der Waals surface area contributed by atoms with Crippen molar-refractivity contribution in [2.45, 2.75) is 6.61 Å². The van der Waals surface area contributed by atoms with Gasteiger partial charge in [-0.3, -0.25) is 4.98 Å². The molecule has 4 heteroatoms. The third-order valence-corrected chi connectivity index (χ3v) is 3.48. The number of aliphatic hydroxyl groups excluding tert-OH is 1. The number of benzene rings is 1. The summed E-state index contributed by atoms with van der Waals surface area (Å²) in [5.41, 5.74) is 2.79. The van der Waals surface area contributed by atoms with Gasteiger partial charge in [0.15, 0.2) is 5.76 Å². The van der Waals surface area contributed by atoms with E-state index in [1.54, 1.807) is 12.3 Å². The van der Waals surface area contributed by atoms with E-state index >= 15 is 0 Å². The quantitative estimate of drug-likeness (QED) is 0.582. The van der Waals surface area contributed by atoms with Crippen molar-refractivity contribution in [1.82, 2.24) is 9.97 Å². The molecule has 0 aliphatic heterocycles. The van der Waals surface area contributed by atoms with Crippen LogP contribution >= 0.6 is 0 Å². The topological polar surface area (TPSA) is 62.1 Å². The molecule has 0 fully saturated rings. The molecule has 0 saturated heterocycles. The minimum absolute atomic E-state index is 0.108. The molecule has 4 rings (SSSR count). The zero-order valence-electron chi connectivity index (χ0n) is 10.6. The average molecular weight is 264 g/mol. The van der Waals surface area contributed by atoms with E-state index in [0.29, 0.717) is 11.5 Å². The van der Waals surface area contributed by atoms with E-state index in [-0.39, 0.29) is 6.61 Å². The lowest BCUT2D eigenvalue weighted by Crippen LogP contribution is -1.83. The van der Waals surface area contributed by atoms with E-state index in [9.17, 15) is 0 Å². The fourth-order valence-electron chi connectivity index (χ4n) is 2.55. The molecule has 98 valence electrons. The van der Waals surface area contributed by atoms with Crippen LogP contribution in [0.5, 0.6) is 0 Å². The van der Waals surface area contributed by atoms with Crippen molar-refractivity contribution < 1.29 is 9.52 Å². The number of rotatable bonds is 2. The number of para-hydroxylation sites is 1. The van der Waals surface area contributed by atoms with E-state index in [2.05, 4.69) is 16.0 Å². The normalized spacial score (nSPS) is 11.4. The van der Waals surface area contributed by atoms with Crippen LogP contribution < -0.4 is 0 Å². The second-order valence-corrected chi connectivity index (χ2v) is 4.68. The Morgan fingerprint density at radius 1 is 1.05 bits per heavy atom. The molecule has 0 atom stereocenters. The van der Waals surface area contributed by atoms with Crippen molar-refractivity contribution in [3.05, 3.63) is 54.4 Å². The summed E-state index contributed by atoms with van der Waals surface area (Å²) in [5, 5.41) is 11.4. The molecule has 0 aliphatic rings. The number of fused-ring (bicyclic) bond motifs is 3. The molecule has 2 N–H and O–H groups in total. The van der Waals surface area contributed by atoms with Gasteiger partial charge < -0.3 is 14.5 Å². The highest BCUT2D eigenvalue weighted by Crippen LogP contribution is 2.32. The number of aromatic amines is 1. The molecule has 0 saturated carbocycles. The predicted octanol–water partition coefficient (Wildman–Crippen LogP) is 3.47. The lowest BCUT2D eigenvalue weighted by molar-refractivity contribution is 0.248. The van der Waals surface area contributed by atoms with E-state index < -0.39 is 0 Å². The first kappa shape index (κ1) is 11.3. The highest BCUT2D eigenvalue weighted by atomic mass is 16.4. The number of nitrogens with one attached hydrogen (secondary N) is 1. The third-order valence-electron chi connectivity index (χ3n) is 3.48. The number of aliphatic hydroxyl groups is 1. The summed E-state index contributed by atoms with van der Waals surface area (Å²) in [6.45, 7) is -0.108. The van der Waals surface area contributed by atoms with Crippen LogP contribution in [-0.4, -0.2) is 15.1 Å². The standard InChI is InChI=1S/C16H12N2O2/c19-9-10-5-6-14(20-10)16-15-12(7-8-17-16)11-3-1-2-4-13(11)18-15/h1-8,18-19H,9H2. The SMILES string of the molecule is OCc1ccc(-c2nccc3c2[nH]c2ccccc23)o1. The van der Waals surface area contributed by atoms with Gasteiger partial charge in [-0.1, -0.05) is 18.2 Å². The molecule has 4 nitrogen and oxygen atoms in total. The molecular formula is C16H12N2O2. The van der Waals surface area contributed by atoms with Gasteiger partial charge in [-0.25, -0.2) is 0 Å². The van der Waals surface area contributed by atoms with E-state index in [1.807, 2.05) is 30.3 Å². The van der Waals surface area contributed by atoms with Crippen molar-refractivity contribution in [3.63, 3.8) is 0 Å². The van der Waals surface area contributed by atoms with Gasteiger partial charge in [0.2, 0.25) is 0 Å². The lowest BCUT2D eigenvalue weighted by atomic mass is 10.1. The van der Waals surface area contributed by atoms with Gasteiger partial charge in [-0.05, 0) is 24.3 Å². The van der Waals surface area contributed by atoms with Crippen LogP contribution in [0.15, 0.2) is 53.1 Å². The molecule has 1 aromatic carbocycles. The molecule has 0 radical (unpaired) electrons. The number of furan rings is 1. The number of pyridine rings is 1. The van der Waals surface area contributed by atoms with Crippen LogP contribution in [0.2, 0.25) is 0 Å². The number of nitrogens with zero attached hydrogens (tertiary/aromatic N) is 1. The fraction of sp³-hybridized carbons (Fsp3) is 0.0625. The number of aromatic nitrogens is 2. The molecular weight excluding hydrogens is 252 g/mol. The van der Waals surface area contributed by atoms with Crippen LogP contribution in [0.1, 0.15) is 5.76 Å². The van der Waals surface area contributed by atoms with E-state index in [1.165, 1.54) is 5.39 Å². The summed E-state index contributed by atoms with van der Waals surface area (Å²) in [7, 11) is 0. The molecule has 4 aromatic rings. The zero-order chi connectivity index (χ0) is 13.5. The zero-order valence-corrected chi connectivity index (χ0v) is 10.6. The Labute approximate surface area is 114 Å². The smallest absolute Gasteiger partial charge is 0.154 e. The van der Waals surface area contributed by atoms with Crippen LogP contribution in [0.4, 0.5) is 0 Å². The maximum absolute atomic E-state index is 9.10. The van der Waals surface area contributed by atoms with E-state index in [4.69, 9.17) is 9.52 Å². The molecule has 0 spiro atoms. The van der Waals surface area contributed by atoms with Crippen molar-refractivity contribution in [2.24, 2.45) is 0 Å². The maximum atomic E-state index is 9.10. The second-order valence-electron chi connectivity index (χ2n) is 4.68. The van der Waals surface area contributed by atoms with Crippen LogP contribution in [-0.2, 0) is 6.61 Å². The Morgan fingerprint density at radius 2 is 1.95 bits per heavy atom. The minimum atomic E-state index is -0.108. The fourth-order valence-corrected chi connectivity index (χ4v) is 2.55. The van der Waals surface area contributed by atoms with Crippen molar-refractivity contribution >= 4 is 21.8 Å². The Bertz CT molecular complexity index is 905. The molecule has 20 heavy (non-hydrogen) atoms. The van der Waals surface area contributed by atoms with Gasteiger partial charge in [0.25, 0.3) is 0 Å². The summed E-state index contributed by atoms with van der Waals surface area (Å²) >= 11 is 0. The first-order valence-electron chi connectivity index (χ1n) is 6.42. The highest BCUT2D eigenvalue weighted by molar-refractivity contribution is 6.10. The number of H-pyrrole nitrogens is 1. The Balaban J connectivity index is 2.04. The number of hydrogen-bond acceptors (Lipinski definition) is 3. The van der Waals surface area contributed by atoms with Crippen LogP contribution in [0.25, 0.3) is 33.3 Å². The van der Waals surface area contributed by atoms with Gasteiger partial charge in [0.05, 0.1) is 5.52 Å². The van der Waals surface area contributed by atoms with Gasteiger partial charge >= 0.3 is 0 Å². The van der Waals surface area contributed by atoms with Gasteiger partial charge in [0.1, 0.15) is 18.1 Å². The number of hydrogen-bond donors (Lipinski definition) is 2. The highest BCUT2D eigenvalue weighted by Gasteiger charge is 2.13. The summed E-state index contributed by atoms with van der Waals surface area (Å²) in [4.78, 5) is 7.80. The predicted molar refractivity (Wildman–Crippen MR) is 77.2 cm³/mol. The van der Waals surface area contributed by atoms with Gasteiger partial charge in [0, 0.05) is 22.5 Å². The van der Waals surface area contributed by atoms with E-state index in [0.717, 1.165) is 22.1 Å². The summed E-state index contributed by atoms with van der Waals surface area (Å²) in [6.07, 6.45) is 1.78. The van der Waals surface area contributed by atoms with Gasteiger partial charge in [-0.15, -0.1) is 0 Å². The van der Waals surface area contributed by atoms with Crippen LogP contribution in [0.3, 0.4) is 0 Å². The molecule has 0 amide bonds. The van der Waals surface area contributed by atoms with Crippen molar-refractivity contribution in [3.8, 4) is 11.5 Å². The first-order valence-corrected chi connectivity index (χ1v) is 6.42. The Morgan fingerprint density at radius 3 is 2.80 bits per heavy atom. The van der Waals surface area contributed by atoms with Crippen molar-refractivity contribution in [2.75, 3.05) is 0 Å². The second kappa shape index (κ2) is 4.21. The molecule has 3 heterocycles. The molecule has 0 bridgehead atoms. The van der Waals surface area contributed by atoms with Crippen molar-refractivity contribution in [1.29, 1.82) is 0 Å². The molecule has 3 aromatic heterocycles. The third kappa shape index (κ3) is 1.55. The maximum Gasteiger partial charge on any atom is 0.154 e. The molecule has 0 unspecified atom stereocenters. The lowest BCUT2D eigenvalue weighted by Gasteiger charge is -1.98. The Kier molecular flexibility index (Phi) is 2.37. The summed E-state index contributed by atoms with van der Waals surface area (Å²) in [6, 6.07) is 13.7. The minimum Gasteiger partial charge on any atom is -0.457 e.